The van der Waals surface area contributed by atoms with Gasteiger partial charge in [-0.3, -0.25) is 14.8 Å². The highest BCUT2D eigenvalue weighted by molar-refractivity contribution is 7.91. The van der Waals surface area contributed by atoms with Gasteiger partial charge in [0.25, 0.3) is 5.91 Å². The molecule has 0 aliphatic rings. The maximum Gasteiger partial charge on any atom is 0.251 e. The van der Waals surface area contributed by atoms with Crippen molar-refractivity contribution in [2.75, 3.05) is 13.7 Å². The number of ether oxygens (including phenoxy) is 1. The summed E-state index contributed by atoms with van der Waals surface area (Å²) in [5, 5.41) is 1.71. The Morgan fingerprint density at radius 1 is 1.04 bits per heavy atom. The molecule has 0 spiro atoms. The molecule has 3 aromatic rings. The molecule has 0 unspecified atom stereocenters. The molecular weight excluding hydrogens is 378 g/mol. The molecule has 1 atom stereocenters. The van der Waals surface area contributed by atoms with Crippen LogP contribution in [0.25, 0.3) is 0 Å². The van der Waals surface area contributed by atoms with E-state index in [9.17, 15) is 13.2 Å². The number of rotatable bonds is 7. The maximum atomic E-state index is 13.3. The number of nitrogens with zero attached hydrogens (tertiary/aromatic N) is 2. The molecule has 0 radical (unpaired) electrons. The number of benzene rings is 1. The van der Waals surface area contributed by atoms with Gasteiger partial charge in [0.1, 0.15) is 11.0 Å². The highest BCUT2D eigenvalue weighted by Crippen LogP contribution is 2.29. The minimum absolute atomic E-state index is 0.0960. The van der Waals surface area contributed by atoms with Gasteiger partial charge in [0.15, 0.2) is 9.84 Å². The lowest BCUT2D eigenvalue weighted by Crippen LogP contribution is -2.32. The van der Waals surface area contributed by atoms with Crippen molar-refractivity contribution < 1.29 is 17.9 Å². The third kappa shape index (κ3) is 4.34. The second-order valence-corrected chi connectivity index (χ2v) is 8.07. The van der Waals surface area contributed by atoms with Crippen LogP contribution < -0.4 is 10.1 Å². The molecule has 1 aromatic carbocycles. The molecule has 28 heavy (non-hydrogen) atoms. The molecule has 3 rings (SSSR count). The lowest BCUT2D eigenvalue weighted by atomic mass is 10.2. The van der Waals surface area contributed by atoms with Crippen molar-refractivity contribution in [2.45, 2.75) is 10.1 Å². The van der Waals surface area contributed by atoms with Crippen LogP contribution in [0, 0.1) is 0 Å². The zero-order valence-corrected chi connectivity index (χ0v) is 16.0. The normalized spacial score (nSPS) is 12.2. The number of nitrogens with one attached hydrogen (secondary N) is 1. The number of methoxy groups -OCH3 is 1. The van der Waals surface area contributed by atoms with Crippen molar-refractivity contribution in [3.8, 4) is 5.75 Å². The van der Waals surface area contributed by atoms with E-state index in [1.54, 1.807) is 42.6 Å². The first-order valence-electron chi connectivity index (χ1n) is 8.48. The first kappa shape index (κ1) is 19.5. The van der Waals surface area contributed by atoms with Crippen LogP contribution in [0.1, 0.15) is 21.2 Å². The molecule has 8 heteroatoms. The summed E-state index contributed by atoms with van der Waals surface area (Å²) in [6, 6.07) is 12.6. The summed E-state index contributed by atoms with van der Waals surface area (Å²) in [6.07, 6.45) is 6.06. The monoisotopic (exact) mass is 397 g/mol. The summed E-state index contributed by atoms with van der Waals surface area (Å²) in [6.45, 7) is -0.0960. The minimum atomic E-state index is -3.78. The second-order valence-electron chi connectivity index (χ2n) is 5.94. The van der Waals surface area contributed by atoms with E-state index in [1.165, 1.54) is 37.8 Å². The zero-order valence-electron chi connectivity index (χ0n) is 15.1. The van der Waals surface area contributed by atoms with Gasteiger partial charge in [-0.1, -0.05) is 6.07 Å². The van der Waals surface area contributed by atoms with Gasteiger partial charge in [-0.2, -0.15) is 0 Å². The molecule has 7 nitrogen and oxygen atoms in total. The van der Waals surface area contributed by atoms with Crippen LogP contribution in [0.2, 0.25) is 0 Å². The van der Waals surface area contributed by atoms with Gasteiger partial charge in [0.05, 0.1) is 12.0 Å². The van der Waals surface area contributed by atoms with Crippen molar-refractivity contribution in [1.29, 1.82) is 0 Å². The van der Waals surface area contributed by atoms with Crippen molar-refractivity contribution in [3.63, 3.8) is 0 Å². The van der Waals surface area contributed by atoms with Gasteiger partial charge in [-0.05, 0) is 48.0 Å². The van der Waals surface area contributed by atoms with Crippen LogP contribution in [0.15, 0.2) is 78.2 Å². The minimum Gasteiger partial charge on any atom is -0.497 e. The van der Waals surface area contributed by atoms with Crippen LogP contribution in [0.4, 0.5) is 0 Å². The first-order chi connectivity index (χ1) is 13.5. The Labute approximate surface area is 163 Å². The van der Waals surface area contributed by atoms with Crippen molar-refractivity contribution >= 4 is 15.7 Å². The molecule has 1 N–H and O–H groups in total. The maximum absolute atomic E-state index is 13.3. The van der Waals surface area contributed by atoms with Crippen LogP contribution >= 0.6 is 0 Å². The molecule has 0 aliphatic carbocycles. The van der Waals surface area contributed by atoms with Crippen molar-refractivity contribution in [2.24, 2.45) is 0 Å². The second kappa shape index (κ2) is 8.62. The Kier molecular flexibility index (Phi) is 6.00. The van der Waals surface area contributed by atoms with Crippen molar-refractivity contribution in [3.05, 3.63) is 84.4 Å². The smallest absolute Gasteiger partial charge is 0.251 e. The molecule has 2 aromatic heterocycles. The highest BCUT2D eigenvalue weighted by atomic mass is 32.2. The van der Waals surface area contributed by atoms with E-state index < -0.39 is 15.1 Å². The third-order valence-corrected chi connectivity index (χ3v) is 6.33. The topological polar surface area (TPSA) is 98.2 Å². The SMILES string of the molecule is COc1ccc(S(=O)(=O)[C@@H](CNC(=O)c2ccncc2)c2cccnc2)cc1. The Morgan fingerprint density at radius 2 is 1.75 bits per heavy atom. The van der Waals surface area contributed by atoms with E-state index in [-0.39, 0.29) is 17.3 Å². The summed E-state index contributed by atoms with van der Waals surface area (Å²) < 4.78 is 31.6. The number of hydrogen-bond acceptors (Lipinski definition) is 6. The van der Waals surface area contributed by atoms with E-state index in [1.807, 2.05) is 0 Å². The van der Waals surface area contributed by atoms with E-state index in [4.69, 9.17) is 4.74 Å². The van der Waals surface area contributed by atoms with E-state index in [0.29, 0.717) is 16.9 Å². The van der Waals surface area contributed by atoms with Crippen LogP contribution in [-0.4, -0.2) is 37.9 Å². The summed E-state index contributed by atoms with van der Waals surface area (Å²) in [4.78, 5) is 20.4. The Bertz CT molecular complexity index is 1020. The van der Waals surface area contributed by atoms with Gasteiger partial charge in [-0.25, -0.2) is 8.42 Å². The van der Waals surface area contributed by atoms with E-state index in [2.05, 4.69) is 15.3 Å². The number of carbonyl (C=O) groups is 1. The Morgan fingerprint density at radius 3 is 2.36 bits per heavy atom. The number of amides is 1. The van der Waals surface area contributed by atoms with Gasteiger partial charge in [0.2, 0.25) is 0 Å². The molecule has 0 aliphatic heterocycles. The fourth-order valence-electron chi connectivity index (χ4n) is 2.69. The summed E-state index contributed by atoms with van der Waals surface area (Å²) in [5.41, 5.74) is 0.898. The number of pyridine rings is 2. The van der Waals surface area contributed by atoms with Gasteiger partial charge >= 0.3 is 0 Å². The quantitative estimate of drug-likeness (QED) is 0.657. The first-order valence-corrected chi connectivity index (χ1v) is 10.0. The van der Waals surface area contributed by atoms with Crippen molar-refractivity contribution in [1.82, 2.24) is 15.3 Å². The molecular formula is C20H19N3O4S. The standard InChI is InChI=1S/C20H19N3O4S/c1-27-17-4-6-18(7-5-17)28(25,26)19(16-3-2-10-22-13-16)14-23-20(24)15-8-11-21-12-9-15/h2-13,19H,14H2,1H3,(H,23,24)/t19-/m0/s1. The van der Waals surface area contributed by atoms with E-state index in [0.717, 1.165) is 0 Å². The molecule has 1 amide bonds. The molecule has 144 valence electrons. The largest absolute Gasteiger partial charge is 0.497 e. The van der Waals surface area contributed by atoms with Gasteiger partial charge in [0, 0.05) is 36.9 Å². The van der Waals surface area contributed by atoms with Crippen LogP contribution in [-0.2, 0) is 9.84 Å². The Balaban J connectivity index is 1.89. The fourth-order valence-corrected chi connectivity index (χ4v) is 4.34. The molecule has 2 heterocycles. The highest BCUT2D eigenvalue weighted by Gasteiger charge is 2.30. The lowest BCUT2D eigenvalue weighted by Gasteiger charge is -2.19. The number of carbonyl (C=O) groups excluding carboxylic acids is 1. The molecule has 0 saturated carbocycles. The van der Waals surface area contributed by atoms with Crippen LogP contribution in [0.5, 0.6) is 5.75 Å². The van der Waals surface area contributed by atoms with Gasteiger partial charge in [-0.15, -0.1) is 0 Å². The average Bonchev–Trinajstić information content (AvgIpc) is 2.75. The predicted octanol–water partition coefficient (Wildman–Crippen LogP) is 2.43. The third-order valence-electron chi connectivity index (χ3n) is 4.21. The zero-order chi connectivity index (χ0) is 20.0. The summed E-state index contributed by atoms with van der Waals surface area (Å²) in [7, 11) is -2.27. The van der Waals surface area contributed by atoms with Crippen LogP contribution in [0.3, 0.4) is 0 Å². The fraction of sp³-hybridized carbons (Fsp3) is 0.150. The number of aromatic nitrogens is 2. The average molecular weight is 397 g/mol. The summed E-state index contributed by atoms with van der Waals surface area (Å²) in [5.74, 6) is 0.184. The number of sulfone groups is 1. The predicted molar refractivity (Wildman–Crippen MR) is 104 cm³/mol. The molecule has 0 bridgehead atoms. The van der Waals surface area contributed by atoms with Gasteiger partial charge < -0.3 is 10.1 Å². The molecule has 0 saturated heterocycles. The molecule has 0 fully saturated rings. The summed E-state index contributed by atoms with van der Waals surface area (Å²) >= 11 is 0. The number of hydrogen-bond donors (Lipinski definition) is 1. The Hall–Kier alpha value is -3.26. The van der Waals surface area contributed by atoms with E-state index >= 15 is 0 Å². The lowest BCUT2D eigenvalue weighted by molar-refractivity contribution is 0.0953.